The van der Waals surface area contributed by atoms with Crippen LogP contribution in [-0.2, 0) is 6.54 Å². The van der Waals surface area contributed by atoms with E-state index in [9.17, 15) is 4.79 Å². The average molecular weight is 293 g/mol. The van der Waals surface area contributed by atoms with Crippen LogP contribution in [-0.4, -0.2) is 28.6 Å². The molecule has 3 rings (SSSR count). The molecular weight excluding hydrogens is 270 g/mol. The Morgan fingerprint density at radius 2 is 1.90 bits per heavy atom. The quantitative estimate of drug-likeness (QED) is 0.866. The lowest BCUT2D eigenvalue weighted by Gasteiger charge is -2.27. The zero-order chi connectivity index (χ0) is 14.0. The van der Waals surface area contributed by atoms with Gasteiger partial charge in [-0.3, -0.25) is 4.79 Å². The van der Waals surface area contributed by atoms with Crippen molar-refractivity contribution in [3.8, 4) is 0 Å². The monoisotopic (exact) mass is 293 g/mol. The van der Waals surface area contributed by atoms with Gasteiger partial charge in [0.2, 0.25) is 0 Å². The molecule has 2 aliphatic rings. The minimum atomic E-state index is 0.0301. The van der Waals surface area contributed by atoms with E-state index >= 15 is 0 Å². The number of rotatable bonds is 4. The van der Waals surface area contributed by atoms with E-state index < -0.39 is 0 Å². The van der Waals surface area contributed by atoms with Gasteiger partial charge in [0.05, 0.1) is 18.4 Å². The van der Waals surface area contributed by atoms with E-state index in [0.717, 1.165) is 31.1 Å². The molecule has 0 bridgehead atoms. The fraction of sp³-hybridized carbons (Fsp3) is 0.733. The predicted octanol–water partition coefficient (Wildman–Crippen LogP) is 2.33. The standard InChI is InChI=1S/C15H23N3OS/c19-14-9-13(17-7-3-4-8-17)10-16-18(14)11-15(12-20)5-1-2-6-15/h9-10,20H,1-8,11-12H2. The summed E-state index contributed by atoms with van der Waals surface area (Å²) >= 11 is 4.51. The van der Waals surface area contributed by atoms with Gasteiger partial charge in [-0.05, 0) is 36.9 Å². The Kier molecular flexibility index (Phi) is 4.06. The first-order valence-corrected chi connectivity index (χ1v) is 8.29. The summed E-state index contributed by atoms with van der Waals surface area (Å²) in [7, 11) is 0. The highest BCUT2D eigenvalue weighted by Crippen LogP contribution is 2.40. The van der Waals surface area contributed by atoms with Crippen molar-refractivity contribution in [3.05, 3.63) is 22.6 Å². The van der Waals surface area contributed by atoms with E-state index in [-0.39, 0.29) is 11.0 Å². The Balaban J connectivity index is 1.78. The number of aromatic nitrogens is 2. The molecule has 0 N–H and O–H groups in total. The zero-order valence-electron chi connectivity index (χ0n) is 11.9. The highest BCUT2D eigenvalue weighted by Gasteiger charge is 2.33. The fourth-order valence-corrected chi connectivity index (χ4v) is 3.92. The predicted molar refractivity (Wildman–Crippen MR) is 84.7 cm³/mol. The average Bonchev–Trinajstić information content (AvgIpc) is 3.13. The van der Waals surface area contributed by atoms with Gasteiger partial charge in [-0.25, -0.2) is 4.68 Å². The minimum Gasteiger partial charge on any atom is -0.370 e. The molecule has 4 nitrogen and oxygen atoms in total. The maximum atomic E-state index is 12.3. The Bertz CT molecular complexity index is 516. The second-order valence-electron chi connectivity index (χ2n) is 6.27. The van der Waals surface area contributed by atoms with Gasteiger partial charge in [-0.15, -0.1) is 0 Å². The van der Waals surface area contributed by atoms with Crippen LogP contribution in [0.5, 0.6) is 0 Å². The van der Waals surface area contributed by atoms with Crippen LogP contribution in [0.4, 0.5) is 5.69 Å². The summed E-state index contributed by atoms with van der Waals surface area (Å²) < 4.78 is 1.64. The number of thiol groups is 1. The van der Waals surface area contributed by atoms with Crippen LogP contribution < -0.4 is 10.5 Å². The van der Waals surface area contributed by atoms with Gasteiger partial charge >= 0.3 is 0 Å². The van der Waals surface area contributed by atoms with Gasteiger partial charge in [0.15, 0.2) is 0 Å². The van der Waals surface area contributed by atoms with E-state index in [0.29, 0.717) is 0 Å². The molecule has 0 radical (unpaired) electrons. The van der Waals surface area contributed by atoms with E-state index in [2.05, 4.69) is 22.6 Å². The van der Waals surface area contributed by atoms with E-state index in [4.69, 9.17) is 0 Å². The van der Waals surface area contributed by atoms with E-state index in [1.165, 1.54) is 38.5 Å². The molecule has 0 amide bonds. The summed E-state index contributed by atoms with van der Waals surface area (Å²) in [4.78, 5) is 14.5. The van der Waals surface area contributed by atoms with Crippen LogP contribution in [0, 0.1) is 5.41 Å². The number of nitrogens with zero attached hydrogens (tertiary/aromatic N) is 3. The molecule has 1 aromatic rings. The van der Waals surface area contributed by atoms with Crippen LogP contribution in [0.25, 0.3) is 0 Å². The van der Waals surface area contributed by atoms with Crippen molar-refractivity contribution >= 4 is 18.3 Å². The topological polar surface area (TPSA) is 38.1 Å². The Labute approximate surface area is 125 Å². The molecule has 0 atom stereocenters. The smallest absolute Gasteiger partial charge is 0.268 e. The first-order chi connectivity index (χ1) is 9.72. The van der Waals surface area contributed by atoms with Crippen LogP contribution in [0.3, 0.4) is 0 Å². The minimum absolute atomic E-state index is 0.0301. The first kappa shape index (κ1) is 14.0. The lowest BCUT2D eigenvalue weighted by molar-refractivity contribution is 0.270. The first-order valence-electron chi connectivity index (χ1n) is 7.65. The lowest BCUT2D eigenvalue weighted by Crippen LogP contribution is -2.34. The van der Waals surface area contributed by atoms with Gasteiger partial charge < -0.3 is 4.90 Å². The largest absolute Gasteiger partial charge is 0.370 e. The molecule has 0 spiro atoms. The molecule has 110 valence electrons. The molecular formula is C15H23N3OS. The van der Waals surface area contributed by atoms with Crippen molar-refractivity contribution < 1.29 is 0 Å². The number of hydrogen-bond donors (Lipinski definition) is 1. The maximum Gasteiger partial charge on any atom is 0.268 e. The second kappa shape index (κ2) is 5.80. The third-order valence-electron chi connectivity index (χ3n) is 4.81. The maximum absolute atomic E-state index is 12.3. The normalized spacial score (nSPS) is 21.6. The molecule has 5 heteroatoms. The van der Waals surface area contributed by atoms with Crippen molar-refractivity contribution in [2.24, 2.45) is 5.41 Å². The third kappa shape index (κ3) is 2.73. The summed E-state index contributed by atoms with van der Waals surface area (Å²) in [5, 5.41) is 4.41. The van der Waals surface area contributed by atoms with Crippen molar-refractivity contribution in [1.82, 2.24) is 9.78 Å². The lowest BCUT2D eigenvalue weighted by atomic mass is 9.88. The Morgan fingerprint density at radius 1 is 1.20 bits per heavy atom. The molecule has 1 aliphatic heterocycles. The summed E-state index contributed by atoms with van der Waals surface area (Å²) in [5.41, 5.74) is 1.19. The van der Waals surface area contributed by atoms with Crippen LogP contribution in [0.1, 0.15) is 38.5 Å². The molecule has 1 saturated heterocycles. The number of hydrogen-bond acceptors (Lipinski definition) is 4. The number of anilines is 1. The van der Waals surface area contributed by atoms with E-state index in [1.807, 2.05) is 6.20 Å². The summed E-state index contributed by atoms with van der Waals surface area (Å²) in [6.07, 6.45) is 9.12. The van der Waals surface area contributed by atoms with Crippen molar-refractivity contribution in [1.29, 1.82) is 0 Å². The molecule has 1 aliphatic carbocycles. The summed E-state index contributed by atoms with van der Waals surface area (Å²) in [5.74, 6) is 0.842. The van der Waals surface area contributed by atoms with Gasteiger partial charge in [0.1, 0.15) is 0 Å². The highest BCUT2D eigenvalue weighted by molar-refractivity contribution is 7.80. The van der Waals surface area contributed by atoms with Gasteiger partial charge in [0.25, 0.3) is 5.56 Å². The SMILES string of the molecule is O=c1cc(N2CCCC2)cnn1CC1(CS)CCCC1. The van der Waals surface area contributed by atoms with Crippen molar-refractivity contribution in [3.63, 3.8) is 0 Å². The fourth-order valence-electron chi connectivity index (χ4n) is 3.50. The Hall–Kier alpha value is -0.970. The molecule has 1 aromatic heterocycles. The molecule has 1 saturated carbocycles. The Morgan fingerprint density at radius 3 is 2.50 bits per heavy atom. The van der Waals surface area contributed by atoms with Crippen LogP contribution >= 0.6 is 12.6 Å². The van der Waals surface area contributed by atoms with Gasteiger partial charge in [-0.2, -0.15) is 17.7 Å². The van der Waals surface area contributed by atoms with Crippen molar-refractivity contribution in [2.45, 2.75) is 45.1 Å². The van der Waals surface area contributed by atoms with E-state index in [1.54, 1.807) is 10.7 Å². The molecule has 20 heavy (non-hydrogen) atoms. The summed E-state index contributed by atoms with van der Waals surface area (Å²) in [6.45, 7) is 2.81. The van der Waals surface area contributed by atoms with Crippen LogP contribution in [0.2, 0.25) is 0 Å². The molecule has 0 unspecified atom stereocenters. The molecule has 0 aromatic carbocycles. The highest BCUT2D eigenvalue weighted by atomic mass is 32.1. The van der Waals surface area contributed by atoms with Gasteiger partial charge in [0, 0.05) is 19.2 Å². The zero-order valence-corrected chi connectivity index (χ0v) is 12.8. The summed E-state index contributed by atoms with van der Waals surface area (Å²) in [6, 6.07) is 1.75. The van der Waals surface area contributed by atoms with Crippen LogP contribution in [0.15, 0.2) is 17.1 Å². The third-order valence-corrected chi connectivity index (χ3v) is 5.48. The second-order valence-corrected chi connectivity index (χ2v) is 6.59. The molecule has 2 fully saturated rings. The van der Waals surface area contributed by atoms with Crippen molar-refractivity contribution in [2.75, 3.05) is 23.7 Å². The van der Waals surface area contributed by atoms with Gasteiger partial charge in [-0.1, -0.05) is 12.8 Å². The molecule has 2 heterocycles.